The van der Waals surface area contributed by atoms with Crippen molar-refractivity contribution in [3.05, 3.63) is 35.5 Å². The molecule has 0 aromatic rings. The highest BCUT2D eigenvalue weighted by Crippen LogP contribution is 2.65. The number of rotatable bonds is 3. The highest BCUT2D eigenvalue weighted by molar-refractivity contribution is 5.39. The molecule has 0 amide bonds. The van der Waals surface area contributed by atoms with Crippen LogP contribution in [0, 0.1) is 40.4 Å². The lowest BCUT2D eigenvalue weighted by atomic mass is 9.50. The molecule has 0 unspecified atom stereocenters. The molecule has 1 nitrogen and oxygen atoms in total. The number of aliphatic hydroxyl groups excluding tert-OH is 1. The van der Waals surface area contributed by atoms with E-state index in [1.807, 2.05) is 0 Å². The van der Waals surface area contributed by atoms with E-state index in [-0.39, 0.29) is 6.10 Å². The second-order valence-corrected chi connectivity index (χ2v) is 11.0. The molecule has 0 aliphatic heterocycles. The number of hydrogen-bond acceptors (Lipinski definition) is 1. The van der Waals surface area contributed by atoms with E-state index >= 15 is 0 Å². The third-order valence-electron chi connectivity index (χ3n) is 9.05. The quantitative estimate of drug-likeness (QED) is 0.550. The summed E-state index contributed by atoms with van der Waals surface area (Å²) in [6.07, 6.45) is 18.3. The van der Waals surface area contributed by atoms with Crippen molar-refractivity contribution in [1.29, 1.82) is 0 Å². The van der Waals surface area contributed by atoms with Gasteiger partial charge in [-0.1, -0.05) is 70.1 Å². The van der Waals surface area contributed by atoms with Crippen LogP contribution in [-0.2, 0) is 0 Å². The van der Waals surface area contributed by atoms with Gasteiger partial charge in [0.25, 0.3) is 0 Å². The second-order valence-electron chi connectivity index (χ2n) is 11.0. The largest absolute Gasteiger partial charge is 0.393 e. The molecule has 150 valence electrons. The molecule has 1 N–H and O–H groups in total. The lowest BCUT2D eigenvalue weighted by molar-refractivity contribution is 0.0383. The van der Waals surface area contributed by atoms with Gasteiger partial charge in [0, 0.05) is 0 Å². The summed E-state index contributed by atoms with van der Waals surface area (Å²) in [5.41, 5.74) is 4.08. The first-order valence-electron chi connectivity index (χ1n) is 11.5. The van der Waals surface area contributed by atoms with Gasteiger partial charge in [-0.2, -0.15) is 0 Å². The molecule has 0 radical (unpaired) electrons. The molecule has 3 fully saturated rings. The molecule has 0 spiro atoms. The summed E-state index contributed by atoms with van der Waals surface area (Å²) in [5.74, 6) is 3.67. The first-order chi connectivity index (χ1) is 12.8. The average molecular weight is 369 g/mol. The summed E-state index contributed by atoms with van der Waals surface area (Å²) < 4.78 is 0. The molecule has 3 saturated carbocycles. The lowest BCUT2D eigenvalue weighted by Crippen LogP contribution is -2.46. The van der Waals surface area contributed by atoms with Crippen molar-refractivity contribution in [2.24, 2.45) is 40.4 Å². The summed E-state index contributed by atoms with van der Waals surface area (Å²) in [6.45, 7) is 12.1. The number of allylic oxidation sites excluding steroid dienone is 5. The van der Waals surface area contributed by atoms with Gasteiger partial charge in [-0.25, -0.2) is 0 Å². The molecule has 0 saturated heterocycles. The molecule has 0 aromatic carbocycles. The monoisotopic (exact) mass is 368 g/mol. The van der Waals surface area contributed by atoms with Gasteiger partial charge in [0.1, 0.15) is 0 Å². The second kappa shape index (κ2) is 6.90. The van der Waals surface area contributed by atoms with Crippen molar-refractivity contribution >= 4 is 0 Å². The highest BCUT2D eigenvalue weighted by Gasteiger charge is 2.56. The maximum atomic E-state index is 10.2. The van der Waals surface area contributed by atoms with E-state index in [4.69, 9.17) is 0 Å². The van der Waals surface area contributed by atoms with Crippen molar-refractivity contribution in [2.75, 3.05) is 0 Å². The van der Waals surface area contributed by atoms with E-state index in [0.29, 0.717) is 22.7 Å². The lowest BCUT2D eigenvalue weighted by Gasteiger charge is -2.55. The molecule has 0 heterocycles. The van der Waals surface area contributed by atoms with E-state index < -0.39 is 0 Å². The minimum Gasteiger partial charge on any atom is -0.393 e. The number of hydrogen-bond donors (Lipinski definition) is 1. The van der Waals surface area contributed by atoms with Crippen LogP contribution in [0.25, 0.3) is 0 Å². The predicted octanol–water partition coefficient (Wildman–Crippen LogP) is 6.69. The fourth-order valence-corrected chi connectivity index (χ4v) is 7.42. The van der Waals surface area contributed by atoms with Crippen LogP contribution in [0.5, 0.6) is 0 Å². The molecular weight excluding hydrogens is 328 g/mol. The third-order valence-corrected chi connectivity index (χ3v) is 9.05. The van der Waals surface area contributed by atoms with Gasteiger partial charge in [0.2, 0.25) is 0 Å². The summed E-state index contributed by atoms with van der Waals surface area (Å²) in [6, 6.07) is 0. The molecular formula is C26H40O. The number of aliphatic hydroxyl groups is 1. The Bertz CT molecular complexity index is 668. The molecule has 0 bridgehead atoms. The summed E-state index contributed by atoms with van der Waals surface area (Å²) in [4.78, 5) is 0. The molecule has 1 heteroatoms. The Balaban J connectivity index is 1.61. The minimum absolute atomic E-state index is 0.113. The molecule has 4 aliphatic rings. The standard InChI is InChI=1S/C26H40O/c1-17(2)6-7-18(3)22-10-11-23-21-9-8-19-16-20(27)12-14-25(19,4)24(21)13-15-26(22,23)5/h6-9,17-18,20,22-24,27H,10-16H2,1-5H3/b7-6+/t18-,20+,22-,23-,24-,25+,26-/m1/s1. The van der Waals surface area contributed by atoms with Gasteiger partial charge in [0.05, 0.1) is 6.10 Å². The Kier molecular flexibility index (Phi) is 4.98. The van der Waals surface area contributed by atoms with Crippen LogP contribution in [0.15, 0.2) is 35.5 Å². The van der Waals surface area contributed by atoms with Gasteiger partial charge in [0.15, 0.2) is 0 Å². The van der Waals surface area contributed by atoms with E-state index in [0.717, 1.165) is 30.6 Å². The van der Waals surface area contributed by atoms with E-state index in [1.54, 1.807) is 5.57 Å². The van der Waals surface area contributed by atoms with E-state index in [1.165, 1.54) is 37.7 Å². The van der Waals surface area contributed by atoms with Gasteiger partial charge in [-0.05, 0) is 85.4 Å². The fourth-order valence-electron chi connectivity index (χ4n) is 7.42. The minimum atomic E-state index is -0.113. The Morgan fingerprint density at radius 2 is 1.74 bits per heavy atom. The molecule has 4 aliphatic carbocycles. The summed E-state index contributed by atoms with van der Waals surface area (Å²) >= 11 is 0. The maximum absolute atomic E-state index is 10.2. The zero-order chi connectivity index (χ0) is 19.4. The zero-order valence-corrected chi connectivity index (χ0v) is 18.2. The summed E-state index contributed by atoms with van der Waals surface area (Å²) in [7, 11) is 0. The van der Waals surface area contributed by atoms with Crippen LogP contribution in [0.1, 0.15) is 79.6 Å². The van der Waals surface area contributed by atoms with Gasteiger partial charge < -0.3 is 5.11 Å². The molecule has 0 aromatic heterocycles. The average Bonchev–Trinajstić information content (AvgIpc) is 2.97. The predicted molar refractivity (Wildman–Crippen MR) is 114 cm³/mol. The Labute approximate surface area is 167 Å². The van der Waals surface area contributed by atoms with Crippen molar-refractivity contribution in [1.82, 2.24) is 0 Å². The Hall–Kier alpha value is -0.820. The van der Waals surface area contributed by atoms with Crippen LogP contribution in [0.3, 0.4) is 0 Å². The molecule has 4 rings (SSSR count). The zero-order valence-electron chi connectivity index (χ0n) is 18.2. The molecule has 7 atom stereocenters. The first-order valence-corrected chi connectivity index (χ1v) is 11.5. The smallest absolute Gasteiger partial charge is 0.0578 e. The van der Waals surface area contributed by atoms with Crippen LogP contribution >= 0.6 is 0 Å². The van der Waals surface area contributed by atoms with Gasteiger partial charge >= 0.3 is 0 Å². The van der Waals surface area contributed by atoms with E-state index in [2.05, 4.69) is 58.9 Å². The van der Waals surface area contributed by atoms with Crippen LogP contribution < -0.4 is 0 Å². The molecule has 27 heavy (non-hydrogen) atoms. The van der Waals surface area contributed by atoms with Crippen LogP contribution in [0.4, 0.5) is 0 Å². The highest BCUT2D eigenvalue weighted by atomic mass is 16.3. The summed E-state index contributed by atoms with van der Waals surface area (Å²) in [5, 5.41) is 10.2. The van der Waals surface area contributed by atoms with Gasteiger partial charge in [-0.15, -0.1) is 0 Å². The Morgan fingerprint density at radius 1 is 0.963 bits per heavy atom. The first kappa shape index (κ1) is 19.5. The van der Waals surface area contributed by atoms with Crippen molar-refractivity contribution in [3.63, 3.8) is 0 Å². The fraction of sp³-hybridized carbons (Fsp3) is 0.769. The topological polar surface area (TPSA) is 20.2 Å². The van der Waals surface area contributed by atoms with Crippen molar-refractivity contribution in [3.8, 4) is 0 Å². The van der Waals surface area contributed by atoms with Crippen LogP contribution in [0.2, 0.25) is 0 Å². The van der Waals surface area contributed by atoms with Crippen molar-refractivity contribution < 1.29 is 5.11 Å². The normalized spacial score (nSPS) is 45.1. The van der Waals surface area contributed by atoms with Crippen LogP contribution in [-0.4, -0.2) is 11.2 Å². The third kappa shape index (κ3) is 3.09. The van der Waals surface area contributed by atoms with E-state index in [9.17, 15) is 5.11 Å². The van der Waals surface area contributed by atoms with Crippen molar-refractivity contribution in [2.45, 2.75) is 85.7 Å². The van der Waals surface area contributed by atoms with Gasteiger partial charge in [-0.3, -0.25) is 0 Å². The maximum Gasteiger partial charge on any atom is 0.0578 e. The Morgan fingerprint density at radius 3 is 2.48 bits per heavy atom. The number of fused-ring (bicyclic) bond motifs is 5. The SMILES string of the molecule is CC(C)/C=C/[C@@H](C)[C@H]1CC[C@@H]2C3=CC=C4C[C@@H](O)CC[C@]4(C)[C@@H]3CC[C@@]21C.